The average Bonchev–Trinajstić information content (AvgIpc) is 2.35. The normalized spacial score (nSPS) is 10.6. The molecule has 0 spiro atoms. The van der Waals surface area contributed by atoms with Crippen LogP contribution in [0.5, 0.6) is 0 Å². The number of para-hydroxylation sites is 1. The second-order valence-corrected chi connectivity index (χ2v) is 4.23. The van der Waals surface area contributed by atoms with Crippen LogP contribution in [0.2, 0.25) is 5.02 Å². The first kappa shape index (κ1) is 13.7. The molecule has 0 aromatic heterocycles. The monoisotopic (exact) mass is 289 g/mol. The number of benzene rings is 2. The predicted octanol–water partition coefficient (Wildman–Crippen LogP) is 4.51. The maximum Gasteiger partial charge on any atom is 0.194 e. The molecule has 0 aliphatic carbocycles. The van der Waals surface area contributed by atoms with Gasteiger partial charge in [0.1, 0.15) is 5.82 Å². The van der Waals surface area contributed by atoms with Gasteiger partial charge in [-0.1, -0.05) is 17.7 Å². The Labute approximate surface area is 111 Å². The van der Waals surface area contributed by atoms with Gasteiger partial charge in [-0.2, -0.15) is 0 Å². The zero-order valence-electron chi connectivity index (χ0n) is 9.48. The van der Waals surface area contributed by atoms with Gasteiger partial charge in [-0.25, -0.2) is 17.6 Å². The van der Waals surface area contributed by atoms with Crippen LogP contribution in [0.15, 0.2) is 30.3 Å². The van der Waals surface area contributed by atoms with E-state index in [9.17, 15) is 17.6 Å². The molecule has 0 aliphatic heterocycles. The van der Waals surface area contributed by atoms with Gasteiger partial charge < -0.3 is 5.32 Å². The van der Waals surface area contributed by atoms with Gasteiger partial charge in [0.05, 0.1) is 10.7 Å². The third-order valence-electron chi connectivity index (χ3n) is 2.48. The van der Waals surface area contributed by atoms with Gasteiger partial charge in [-0.15, -0.1) is 0 Å². The first-order valence-electron chi connectivity index (χ1n) is 5.30. The number of nitrogens with one attached hydrogen (secondary N) is 1. The summed E-state index contributed by atoms with van der Waals surface area (Å²) in [6.07, 6.45) is 0. The summed E-state index contributed by atoms with van der Waals surface area (Å²) < 4.78 is 52.1. The third-order valence-corrected chi connectivity index (χ3v) is 2.79. The molecule has 0 amide bonds. The smallest absolute Gasteiger partial charge is 0.194 e. The van der Waals surface area contributed by atoms with Crippen molar-refractivity contribution in [3.05, 3.63) is 64.2 Å². The highest BCUT2D eigenvalue weighted by atomic mass is 35.5. The summed E-state index contributed by atoms with van der Waals surface area (Å²) in [6, 6.07) is 5.76. The van der Waals surface area contributed by atoms with Gasteiger partial charge in [0.2, 0.25) is 0 Å². The quantitative estimate of drug-likeness (QED) is 0.647. The van der Waals surface area contributed by atoms with Crippen LogP contribution in [0.4, 0.5) is 23.2 Å². The van der Waals surface area contributed by atoms with Crippen molar-refractivity contribution in [2.24, 2.45) is 0 Å². The first-order valence-corrected chi connectivity index (χ1v) is 5.68. The molecule has 2 rings (SSSR count). The molecule has 0 aliphatic rings. The Morgan fingerprint density at radius 2 is 1.58 bits per heavy atom. The Kier molecular flexibility index (Phi) is 3.95. The molecule has 0 unspecified atom stereocenters. The second kappa shape index (κ2) is 5.48. The summed E-state index contributed by atoms with van der Waals surface area (Å²) in [7, 11) is 0. The lowest BCUT2D eigenvalue weighted by atomic mass is 10.2. The fourth-order valence-electron chi connectivity index (χ4n) is 1.57. The SMILES string of the molecule is Fc1cc(CNc2c(F)cccc2Cl)cc(F)c1F. The molecule has 2 aromatic rings. The summed E-state index contributed by atoms with van der Waals surface area (Å²) in [5.74, 6) is -4.71. The number of hydrogen-bond acceptors (Lipinski definition) is 1. The number of halogens is 5. The highest BCUT2D eigenvalue weighted by Crippen LogP contribution is 2.25. The number of rotatable bonds is 3. The molecule has 0 saturated heterocycles. The van der Waals surface area contributed by atoms with Gasteiger partial charge in [-0.3, -0.25) is 0 Å². The second-order valence-electron chi connectivity index (χ2n) is 3.82. The van der Waals surface area contributed by atoms with E-state index in [-0.39, 0.29) is 22.8 Å². The molecule has 0 fully saturated rings. The van der Waals surface area contributed by atoms with E-state index >= 15 is 0 Å². The number of anilines is 1. The van der Waals surface area contributed by atoms with E-state index in [0.717, 1.165) is 12.1 Å². The van der Waals surface area contributed by atoms with Crippen molar-refractivity contribution in [2.45, 2.75) is 6.54 Å². The van der Waals surface area contributed by atoms with Crippen LogP contribution in [0.3, 0.4) is 0 Å². The molecule has 0 radical (unpaired) electrons. The molecule has 6 heteroatoms. The van der Waals surface area contributed by atoms with Crippen LogP contribution < -0.4 is 5.32 Å². The Hall–Kier alpha value is -1.75. The minimum atomic E-state index is -1.53. The van der Waals surface area contributed by atoms with Crippen molar-refractivity contribution in [1.29, 1.82) is 0 Å². The van der Waals surface area contributed by atoms with Crippen LogP contribution in [-0.4, -0.2) is 0 Å². The van der Waals surface area contributed by atoms with E-state index in [2.05, 4.69) is 5.32 Å². The lowest BCUT2D eigenvalue weighted by Crippen LogP contribution is -2.04. The molecule has 0 atom stereocenters. The molecule has 0 bridgehead atoms. The standard InChI is InChI=1S/C13H8ClF4N/c14-8-2-1-3-9(15)13(8)19-6-7-4-10(16)12(18)11(17)5-7/h1-5,19H,6H2. The molecule has 100 valence electrons. The number of hydrogen-bond donors (Lipinski definition) is 1. The van der Waals surface area contributed by atoms with E-state index in [0.29, 0.717) is 0 Å². The minimum Gasteiger partial charge on any atom is -0.377 e. The van der Waals surface area contributed by atoms with Crippen molar-refractivity contribution < 1.29 is 17.6 Å². The van der Waals surface area contributed by atoms with Gasteiger partial charge in [-0.05, 0) is 29.8 Å². The average molecular weight is 290 g/mol. The first-order chi connectivity index (χ1) is 8.99. The predicted molar refractivity (Wildman–Crippen MR) is 65.1 cm³/mol. The van der Waals surface area contributed by atoms with Gasteiger partial charge in [0.25, 0.3) is 0 Å². The van der Waals surface area contributed by atoms with E-state index in [1.807, 2.05) is 0 Å². The Balaban J connectivity index is 2.19. The maximum absolute atomic E-state index is 13.4. The van der Waals surface area contributed by atoms with Crippen molar-refractivity contribution >= 4 is 17.3 Å². The zero-order valence-corrected chi connectivity index (χ0v) is 10.2. The molecule has 1 nitrogen and oxygen atoms in total. The Morgan fingerprint density at radius 3 is 2.16 bits per heavy atom. The van der Waals surface area contributed by atoms with Gasteiger partial charge >= 0.3 is 0 Å². The molecule has 0 saturated carbocycles. The van der Waals surface area contributed by atoms with E-state index < -0.39 is 23.3 Å². The summed E-state index contributed by atoms with van der Waals surface area (Å²) >= 11 is 5.77. The van der Waals surface area contributed by atoms with Crippen LogP contribution in [-0.2, 0) is 6.54 Å². The molecule has 19 heavy (non-hydrogen) atoms. The summed E-state index contributed by atoms with van der Waals surface area (Å²) in [4.78, 5) is 0. The molecule has 0 heterocycles. The van der Waals surface area contributed by atoms with Crippen LogP contribution in [0.1, 0.15) is 5.56 Å². The van der Waals surface area contributed by atoms with E-state index in [1.54, 1.807) is 0 Å². The third kappa shape index (κ3) is 2.98. The molecular formula is C13H8ClF4N. The zero-order chi connectivity index (χ0) is 14.0. The Bertz CT molecular complexity index is 572. The van der Waals surface area contributed by atoms with Crippen molar-refractivity contribution in [2.75, 3.05) is 5.32 Å². The topological polar surface area (TPSA) is 12.0 Å². The van der Waals surface area contributed by atoms with Gasteiger partial charge in [0, 0.05) is 6.54 Å². The maximum atomic E-state index is 13.4. The lowest BCUT2D eigenvalue weighted by molar-refractivity contribution is 0.445. The van der Waals surface area contributed by atoms with Crippen LogP contribution in [0.25, 0.3) is 0 Å². The van der Waals surface area contributed by atoms with Crippen molar-refractivity contribution in [3.8, 4) is 0 Å². The van der Waals surface area contributed by atoms with Crippen molar-refractivity contribution in [3.63, 3.8) is 0 Å². The van der Waals surface area contributed by atoms with Gasteiger partial charge in [0.15, 0.2) is 17.5 Å². The Morgan fingerprint density at radius 1 is 0.947 bits per heavy atom. The van der Waals surface area contributed by atoms with Crippen molar-refractivity contribution in [1.82, 2.24) is 0 Å². The van der Waals surface area contributed by atoms with Crippen LogP contribution in [0, 0.1) is 23.3 Å². The molecular weight excluding hydrogens is 282 g/mol. The highest BCUT2D eigenvalue weighted by molar-refractivity contribution is 6.33. The minimum absolute atomic E-state index is 0.0225. The van der Waals surface area contributed by atoms with E-state index in [4.69, 9.17) is 11.6 Å². The van der Waals surface area contributed by atoms with Crippen LogP contribution >= 0.6 is 11.6 Å². The highest BCUT2D eigenvalue weighted by Gasteiger charge is 2.11. The molecule has 2 aromatic carbocycles. The fraction of sp³-hybridized carbons (Fsp3) is 0.0769. The fourth-order valence-corrected chi connectivity index (χ4v) is 1.80. The van der Waals surface area contributed by atoms with E-state index in [1.165, 1.54) is 18.2 Å². The summed E-state index contributed by atoms with van der Waals surface area (Å²) in [5, 5.41) is 2.75. The lowest BCUT2D eigenvalue weighted by Gasteiger charge is -2.10. The summed E-state index contributed by atoms with van der Waals surface area (Å²) in [5.41, 5.74) is 0.157. The summed E-state index contributed by atoms with van der Waals surface area (Å²) in [6.45, 7) is -0.0885. The molecule has 1 N–H and O–H groups in total. The largest absolute Gasteiger partial charge is 0.377 e.